The lowest BCUT2D eigenvalue weighted by Crippen LogP contribution is -2.30. The van der Waals surface area contributed by atoms with Gasteiger partial charge in [0, 0.05) is 0 Å². The number of rotatable bonds is 5. The molecule has 0 saturated carbocycles. The van der Waals surface area contributed by atoms with Crippen LogP contribution in [-0.2, 0) is 4.79 Å². The number of anilines is 1. The number of benzene rings is 3. The molecule has 126 valence electrons. The predicted molar refractivity (Wildman–Crippen MR) is 97.0 cm³/mol. The van der Waals surface area contributed by atoms with E-state index in [0.717, 1.165) is 11.1 Å². The zero-order valence-electron chi connectivity index (χ0n) is 13.8. The maximum Gasteiger partial charge on any atom is 0.265 e. The highest BCUT2D eigenvalue weighted by Crippen LogP contribution is 2.23. The number of carbonyl (C=O) groups is 1. The quantitative estimate of drug-likeness (QED) is 0.720. The fourth-order valence-electron chi connectivity index (χ4n) is 2.41. The topological polar surface area (TPSA) is 38.3 Å². The lowest BCUT2D eigenvalue weighted by Gasteiger charge is -2.15. The van der Waals surface area contributed by atoms with Gasteiger partial charge in [-0.2, -0.15) is 0 Å². The molecule has 3 aromatic carbocycles. The molecule has 3 nitrogen and oxygen atoms in total. The molecule has 0 aromatic heterocycles. The second kappa shape index (κ2) is 7.62. The van der Waals surface area contributed by atoms with Crippen LogP contribution in [0.25, 0.3) is 11.1 Å². The molecule has 1 amide bonds. The van der Waals surface area contributed by atoms with Crippen LogP contribution in [0.3, 0.4) is 0 Å². The van der Waals surface area contributed by atoms with Crippen LogP contribution < -0.4 is 10.1 Å². The molecule has 0 heterocycles. The van der Waals surface area contributed by atoms with E-state index in [-0.39, 0.29) is 5.69 Å². The summed E-state index contributed by atoms with van der Waals surface area (Å²) in [5, 5.41) is 2.53. The highest BCUT2D eigenvalue weighted by molar-refractivity contribution is 5.94. The van der Waals surface area contributed by atoms with Gasteiger partial charge in [0.1, 0.15) is 11.6 Å². The van der Waals surface area contributed by atoms with Crippen molar-refractivity contribution in [3.8, 4) is 16.9 Å². The Hall–Kier alpha value is -3.14. The minimum absolute atomic E-state index is 0.141. The van der Waals surface area contributed by atoms with Gasteiger partial charge in [0.05, 0.1) is 5.69 Å². The van der Waals surface area contributed by atoms with Crippen LogP contribution in [0.1, 0.15) is 6.92 Å². The van der Waals surface area contributed by atoms with Crippen LogP contribution in [0.15, 0.2) is 78.9 Å². The van der Waals surface area contributed by atoms with Gasteiger partial charge in [0.2, 0.25) is 0 Å². The molecule has 0 aliphatic carbocycles. The van der Waals surface area contributed by atoms with Crippen LogP contribution in [0.2, 0.25) is 0 Å². The van der Waals surface area contributed by atoms with E-state index in [1.54, 1.807) is 19.1 Å². The normalized spacial score (nSPS) is 11.6. The number of halogens is 1. The summed E-state index contributed by atoms with van der Waals surface area (Å²) in [5.41, 5.74) is 2.32. The van der Waals surface area contributed by atoms with Crippen molar-refractivity contribution >= 4 is 11.6 Å². The van der Waals surface area contributed by atoms with Gasteiger partial charge in [-0.25, -0.2) is 4.39 Å². The highest BCUT2D eigenvalue weighted by atomic mass is 19.1. The molecule has 25 heavy (non-hydrogen) atoms. The van der Waals surface area contributed by atoms with Crippen LogP contribution in [0, 0.1) is 5.82 Å². The summed E-state index contributed by atoms with van der Waals surface area (Å²) >= 11 is 0. The van der Waals surface area contributed by atoms with E-state index in [9.17, 15) is 9.18 Å². The average Bonchev–Trinajstić information content (AvgIpc) is 2.65. The van der Waals surface area contributed by atoms with Crippen molar-refractivity contribution in [3.63, 3.8) is 0 Å². The summed E-state index contributed by atoms with van der Waals surface area (Å²) in [6.07, 6.45) is -0.748. The lowest BCUT2D eigenvalue weighted by molar-refractivity contribution is -0.122. The number of carbonyl (C=O) groups excluding carboxylic acids is 1. The van der Waals surface area contributed by atoms with Gasteiger partial charge in [-0.3, -0.25) is 4.79 Å². The maximum absolute atomic E-state index is 13.6. The number of amides is 1. The molecule has 0 radical (unpaired) electrons. The fourth-order valence-corrected chi connectivity index (χ4v) is 2.41. The van der Waals surface area contributed by atoms with Crippen molar-refractivity contribution in [2.24, 2.45) is 0 Å². The third-order valence-electron chi connectivity index (χ3n) is 3.78. The van der Waals surface area contributed by atoms with E-state index >= 15 is 0 Å². The van der Waals surface area contributed by atoms with E-state index in [1.165, 1.54) is 12.1 Å². The molecule has 1 atom stereocenters. The van der Waals surface area contributed by atoms with Gasteiger partial charge >= 0.3 is 0 Å². The first-order valence-electron chi connectivity index (χ1n) is 8.01. The molecule has 0 aliphatic rings. The summed E-state index contributed by atoms with van der Waals surface area (Å²) in [6.45, 7) is 1.63. The van der Waals surface area contributed by atoms with Gasteiger partial charge < -0.3 is 10.1 Å². The summed E-state index contributed by atoms with van der Waals surface area (Å²) in [5.74, 6) is -0.302. The standard InChI is InChI=1S/C21H18FNO2/c1-15(21(24)23-20-10-6-5-9-19(20)22)25-18-13-11-17(12-14-18)16-7-3-2-4-8-16/h2-15H,1H3,(H,23,24)/t15-/m0/s1. The monoisotopic (exact) mass is 335 g/mol. The van der Waals surface area contributed by atoms with Crippen molar-refractivity contribution in [3.05, 3.63) is 84.7 Å². The Morgan fingerprint density at radius 3 is 2.16 bits per heavy atom. The Morgan fingerprint density at radius 2 is 1.48 bits per heavy atom. The minimum atomic E-state index is -0.748. The molecule has 0 bridgehead atoms. The van der Waals surface area contributed by atoms with Crippen molar-refractivity contribution in [2.75, 3.05) is 5.32 Å². The first-order chi connectivity index (χ1) is 12.1. The Morgan fingerprint density at radius 1 is 0.880 bits per heavy atom. The van der Waals surface area contributed by atoms with Crippen molar-refractivity contribution in [1.29, 1.82) is 0 Å². The van der Waals surface area contributed by atoms with Crippen LogP contribution >= 0.6 is 0 Å². The second-order valence-electron chi connectivity index (χ2n) is 5.62. The molecule has 0 aliphatic heterocycles. The molecule has 0 spiro atoms. The van der Waals surface area contributed by atoms with Gasteiger partial charge in [0.25, 0.3) is 5.91 Å². The largest absolute Gasteiger partial charge is 0.481 e. The number of hydrogen-bond acceptors (Lipinski definition) is 2. The van der Waals surface area contributed by atoms with Gasteiger partial charge in [0.15, 0.2) is 6.10 Å². The molecule has 0 fully saturated rings. The Balaban J connectivity index is 1.63. The molecule has 0 unspecified atom stereocenters. The minimum Gasteiger partial charge on any atom is -0.481 e. The Kier molecular flexibility index (Phi) is 5.09. The summed E-state index contributed by atoms with van der Waals surface area (Å²) in [4.78, 5) is 12.2. The predicted octanol–water partition coefficient (Wildman–Crippen LogP) is 4.90. The molecular weight excluding hydrogens is 317 g/mol. The van der Waals surface area contributed by atoms with Crippen molar-refractivity contribution in [1.82, 2.24) is 0 Å². The van der Waals surface area contributed by atoms with E-state index in [1.807, 2.05) is 54.6 Å². The third kappa shape index (κ3) is 4.23. The Labute approximate surface area is 146 Å². The Bertz CT molecular complexity index is 847. The van der Waals surface area contributed by atoms with E-state index in [0.29, 0.717) is 5.75 Å². The van der Waals surface area contributed by atoms with Crippen molar-refractivity contribution < 1.29 is 13.9 Å². The first kappa shape index (κ1) is 16.7. The van der Waals surface area contributed by atoms with E-state index in [2.05, 4.69) is 5.32 Å². The lowest BCUT2D eigenvalue weighted by atomic mass is 10.1. The molecule has 3 rings (SSSR count). The van der Waals surface area contributed by atoms with E-state index < -0.39 is 17.8 Å². The van der Waals surface area contributed by atoms with Crippen molar-refractivity contribution in [2.45, 2.75) is 13.0 Å². The number of ether oxygens (including phenoxy) is 1. The highest BCUT2D eigenvalue weighted by Gasteiger charge is 2.16. The van der Waals surface area contributed by atoms with Gasteiger partial charge in [-0.15, -0.1) is 0 Å². The van der Waals surface area contributed by atoms with Crippen LogP contribution in [0.4, 0.5) is 10.1 Å². The average molecular weight is 335 g/mol. The zero-order chi connectivity index (χ0) is 17.6. The molecule has 0 saturated heterocycles. The van der Waals surface area contributed by atoms with E-state index in [4.69, 9.17) is 4.74 Å². The summed E-state index contributed by atoms with van der Waals surface area (Å²) in [6, 6.07) is 23.5. The summed E-state index contributed by atoms with van der Waals surface area (Å²) in [7, 11) is 0. The van der Waals surface area contributed by atoms with Crippen LogP contribution in [-0.4, -0.2) is 12.0 Å². The number of para-hydroxylation sites is 1. The second-order valence-corrected chi connectivity index (χ2v) is 5.62. The third-order valence-corrected chi connectivity index (χ3v) is 3.78. The SMILES string of the molecule is C[C@H](Oc1ccc(-c2ccccc2)cc1)C(=O)Nc1ccccc1F. The molecular formula is C21H18FNO2. The first-order valence-corrected chi connectivity index (χ1v) is 8.01. The van der Waals surface area contributed by atoms with Gasteiger partial charge in [-0.05, 0) is 42.3 Å². The molecule has 3 aromatic rings. The van der Waals surface area contributed by atoms with Crippen LogP contribution in [0.5, 0.6) is 5.75 Å². The zero-order valence-corrected chi connectivity index (χ0v) is 13.8. The fraction of sp³-hybridized carbons (Fsp3) is 0.0952. The smallest absolute Gasteiger partial charge is 0.265 e. The van der Waals surface area contributed by atoms with Gasteiger partial charge in [-0.1, -0.05) is 54.6 Å². The molecule has 4 heteroatoms. The number of nitrogens with one attached hydrogen (secondary N) is 1. The molecule has 1 N–H and O–H groups in total. The number of hydrogen-bond donors (Lipinski definition) is 1. The summed E-state index contributed by atoms with van der Waals surface area (Å²) < 4.78 is 19.2. The maximum atomic E-state index is 13.6.